The second kappa shape index (κ2) is 4.63. The second-order valence-electron chi connectivity index (χ2n) is 3.76. The largest absolute Gasteiger partial charge is 0.309 e. The molecule has 0 aliphatic rings. The molecule has 0 aliphatic carbocycles. The Labute approximate surface area is 96.2 Å². The van der Waals surface area contributed by atoms with E-state index in [-0.39, 0.29) is 6.04 Å². The number of hydrogen-bond donors (Lipinski definition) is 0. The molecule has 1 atom stereocenters. The molecule has 0 fully saturated rings. The van der Waals surface area contributed by atoms with Crippen LogP contribution in [0.1, 0.15) is 18.5 Å². The number of rotatable bonds is 2. The van der Waals surface area contributed by atoms with E-state index < -0.39 is 0 Å². The Morgan fingerprint density at radius 2 is 1.56 bits per heavy atom. The standard InChI is InChI=1S/C15H13N/c1-12(16-2)14-10-6-7-11-15(14)13-8-4-3-5-9-13/h3-12H,1H3. The van der Waals surface area contributed by atoms with Crippen LogP contribution in [0.15, 0.2) is 54.6 Å². The van der Waals surface area contributed by atoms with E-state index in [9.17, 15) is 0 Å². The van der Waals surface area contributed by atoms with Crippen molar-refractivity contribution in [1.29, 1.82) is 0 Å². The van der Waals surface area contributed by atoms with Crippen LogP contribution in [0.2, 0.25) is 0 Å². The van der Waals surface area contributed by atoms with Crippen LogP contribution in [-0.4, -0.2) is 0 Å². The SMILES string of the molecule is [C-]#[N+]C(C)c1ccccc1-c1ccccc1. The van der Waals surface area contributed by atoms with Gasteiger partial charge in [0.05, 0.1) is 0 Å². The number of benzene rings is 2. The van der Waals surface area contributed by atoms with Crippen molar-refractivity contribution >= 4 is 0 Å². The van der Waals surface area contributed by atoms with E-state index in [2.05, 4.69) is 23.0 Å². The maximum absolute atomic E-state index is 7.13. The summed E-state index contributed by atoms with van der Waals surface area (Å²) in [5.41, 5.74) is 3.43. The molecule has 1 nitrogen and oxygen atoms in total. The van der Waals surface area contributed by atoms with Crippen molar-refractivity contribution in [3.63, 3.8) is 0 Å². The summed E-state index contributed by atoms with van der Waals surface area (Å²) in [7, 11) is 0. The molecule has 2 rings (SSSR count). The smallest absolute Gasteiger partial charge is 0.246 e. The molecule has 78 valence electrons. The fourth-order valence-corrected chi connectivity index (χ4v) is 1.81. The summed E-state index contributed by atoms with van der Waals surface area (Å²) in [6, 6.07) is 18.2. The summed E-state index contributed by atoms with van der Waals surface area (Å²) >= 11 is 0. The van der Waals surface area contributed by atoms with Crippen molar-refractivity contribution in [2.45, 2.75) is 13.0 Å². The first-order valence-electron chi connectivity index (χ1n) is 5.34. The molecule has 0 radical (unpaired) electrons. The lowest BCUT2D eigenvalue weighted by Crippen LogP contribution is -1.91. The molecular weight excluding hydrogens is 194 g/mol. The molecule has 0 saturated carbocycles. The first kappa shape index (κ1) is 10.4. The lowest BCUT2D eigenvalue weighted by atomic mass is 9.96. The van der Waals surface area contributed by atoms with Gasteiger partial charge >= 0.3 is 0 Å². The first-order valence-corrected chi connectivity index (χ1v) is 5.34. The topological polar surface area (TPSA) is 4.36 Å². The van der Waals surface area contributed by atoms with Gasteiger partial charge in [0, 0.05) is 12.5 Å². The van der Waals surface area contributed by atoms with E-state index in [1.54, 1.807) is 0 Å². The number of hydrogen-bond acceptors (Lipinski definition) is 0. The highest BCUT2D eigenvalue weighted by Gasteiger charge is 2.13. The molecule has 0 N–H and O–H groups in total. The Morgan fingerprint density at radius 1 is 0.938 bits per heavy atom. The molecule has 0 heterocycles. The third-order valence-corrected chi connectivity index (χ3v) is 2.69. The molecule has 1 unspecified atom stereocenters. The van der Waals surface area contributed by atoms with E-state index >= 15 is 0 Å². The molecule has 1 heteroatoms. The quantitative estimate of drug-likeness (QED) is 0.645. The van der Waals surface area contributed by atoms with E-state index in [1.807, 2.05) is 43.3 Å². The van der Waals surface area contributed by atoms with Gasteiger partial charge in [0.1, 0.15) is 0 Å². The zero-order chi connectivity index (χ0) is 11.4. The summed E-state index contributed by atoms with van der Waals surface area (Å²) < 4.78 is 0. The predicted octanol–water partition coefficient (Wildman–Crippen LogP) is 4.33. The van der Waals surface area contributed by atoms with Gasteiger partial charge in [0.2, 0.25) is 6.04 Å². The summed E-state index contributed by atoms with van der Waals surface area (Å²) in [5, 5.41) is 0. The van der Waals surface area contributed by atoms with Crippen molar-refractivity contribution in [2.75, 3.05) is 0 Å². The number of nitrogens with zero attached hydrogens (tertiary/aromatic N) is 1. The Bertz CT molecular complexity index is 508. The minimum atomic E-state index is -0.0867. The summed E-state index contributed by atoms with van der Waals surface area (Å²) in [5.74, 6) is 0. The lowest BCUT2D eigenvalue weighted by molar-refractivity contribution is 0.964. The Kier molecular flexibility index (Phi) is 3.03. The van der Waals surface area contributed by atoms with Gasteiger partial charge in [-0.15, -0.1) is 0 Å². The van der Waals surface area contributed by atoms with Crippen molar-refractivity contribution < 1.29 is 0 Å². The zero-order valence-electron chi connectivity index (χ0n) is 9.22. The maximum Gasteiger partial charge on any atom is 0.246 e. The van der Waals surface area contributed by atoms with E-state index in [0.717, 1.165) is 11.1 Å². The lowest BCUT2D eigenvalue weighted by Gasteiger charge is -2.08. The van der Waals surface area contributed by atoms with Crippen LogP contribution in [-0.2, 0) is 0 Å². The van der Waals surface area contributed by atoms with Gasteiger partial charge in [0.15, 0.2) is 0 Å². The van der Waals surface area contributed by atoms with E-state index in [4.69, 9.17) is 6.57 Å². The van der Waals surface area contributed by atoms with Gasteiger partial charge in [0.25, 0.3) is 0 Å². The van der Waals surface area contributed by atoms with Crippen molar-refractivity contribution in [3.8, 4) is 11.1 Å². The van der Waals surface area contributed by atoms with Crippen molar-refractivity contribution in [3.05, 3.63) is 71.6 Å². The molecule has 0 saturated heterocycles. The molecule has 0 aromatic heterocycles. The highest BCUT2D eigenvalue weighted by atomic mass is 14.7. The average Bonchev–Trinajstić information content (AvgIpc) is 2.39. The fourth-order valence-electron chi connectivity index (χ4n) is 1.81. The third-order valence-electron chi connectivity index (χ3n) is 2.69. The van der Waals surface area contributed by atoms with Crippen molar-refractivity contribution in [2.24, 2.45) is 0 Å². The van der Waals surface area contributed by atoms with Gasteiger partial charge < -0.3 is 4.85 Å². The van der Waals surface area contributed by atoms with Gasteiger partial charge in [-0.2, -0.15) is 0 Å². The zero-order valence-corrected chi connectivity index (χ0v) is 9.22. The van der Waals surface area contributed by atoms with Crippen LogP contribution >= 0.6 is 0 Å². The van der Waals surface area contributed by atoms with Crippen LogP contribution in [0.5, 0.6) is 0 Å². The Balaban J connectivity index is 2.54. The van der Waals surface area contributed by atoms with Gasteiger partial charge in [-0.25, -0.2) is 6.57 Å². The van der Waals surface area contributed by atoms with Gasteiger partial charge in [-0.3, -0.25) is 0 Å². The third kappa shape index (κ3) is 1.97. The van der Waals surface area contributed by atoms with Crippen LogP contribution < -0.4 is 0 Å². The van der Waals surface area contributed by atoms with Crippen LogP contribution in [0, 0.1) is 6.57 Å². The highest BCUT2D eigenvalue weighted by molar-refractivity contribution is 5.68. The predicted molar refractivity (Wildman–Crippen MR) is 66.9 cm³/mol. The van der Waals surface area contributed by atoms with Crippen molar-refractivity contribution in [1.82, 2.24) is 0 Å². The molecule has 2 aromatic carbocycles. The van der Waals surface area contributed by atoms with Crippen LogP contribution in [0.3, 0.4) is 0 Å². The monoisotopic (exact) mass is 207 g/mol. The molecule has 2 aromatic rings. The second-order valence-corrected chi connectivity index (χ2v) is 3.76. The normalized spacial score (nSPS) is 11.8. The Morgan fingerprint density at radius 3 is 2.25 bits per heavy atom. The molecular formula is C15H13N. The van der Waals surface area contributed by atoms with Crippen LogP contribution in [0.4, 0.5) is 0 Å². The summed E-state index contributed by atoms with van der Waals surface area (Å²) in [6.45, 7) is 9.07. The Hall–Kier alpha value is -2.07. The first-order chi connectivity index (χ1) is 7.83. The molecule has 0 aliphatic heterocycles. The van der Waals surface area contributed by atoms with Gasteiger partial charge in [-0.1, -0.05) is 54.6 Å². The van der Waals surface area contributed by atoms with Gasteiger partial charge in [-0.05, 0) is 11.1 Å². The fraction of sp³-hybridized carbons (Fsp3) is 0.133. The average molecular weight is 207 g/mol. The van der Waals surface area contributed by atoms with E-state index in [0.29, 0.717) is 0 Å². The maximum atomic E-state index is 7.13. The molecule has 0 amide bonds. The minimum absolute atomic E-state index is 0.0867. The molecule has 0 bridgehead atoms. The summed E-state index contributed by atoms with van der Waals surface area (Å²) in [4.78, 5) is 3.59. The molecule has 16 heavy (non-hydrogen) atoms. The minimum Gasteiger partial charge on any atom is -0.309 e. The van der Waals surface area contributed by atoms with Crippen LogP contribution in [0.25, 0.3) is 16.0 Å². The molecule has 0 spiro atoms. The summed E-state index contributed by atoms with van der Waals surface area (Å²) in [6.07, 6.45) is 0. The highest BCUT2D eigenvalue weighted by Crippen LogP contribution is 2.29. The van der Waals surface area contributed by atoms with E-state index in [1.165, 1.54) is 5.56 Å².